The number of hydrogen-bond donors (Lipinski definition) is 2. The number of carboxylic acid groups (broad SMARTS) is 1. The van der Waals surface area contributed by atoms with Gasteiger partial charge in [-0.05, 0) is 48.7 Å². The summed E-state index contributed by atoms with van der Waals surface area (Å²) < 4.78 is 11.1. The highest BCUT2D eigenvalue weighted by Gasteiger charge is 2.31. The minimum atomic E-state index is -1.09. The zero-order valence-corrected chi connectivity index (χ0v) is 21.0. The lowest BCUT2D eigenvalue weighted by atomic mass is 10.1. The molecule has 0 spiro atoms. The first kappa shape index (κ1) is 26.2. The van der Waals surface area contributed by atoms with Crippen LogP contribution in [0, 0.1) is 0 Å². The summed E-state index contributed by atoms with van der Waals surface area (Å²) >= 11 is 6.65. The van der Waals surface area contributed by atoms with Gasteiger partial charge in [-0.1, -0.05) is 48.6 Å². The number of carbonyl (C=O) groups excluding carboxylic acids is 2. The van der Waals surface area contributed by atoms with E-state index in [1.165, 1.54) is 17.8 Å². The van der Waals surface area contributed by atoms with E-state index in [1.54, 1.807) is 55.5 Å². The summed E-state index contributed by atoms with van der Waals surface area (Å²) in [5.74, 6) is -0.297. The third kappa shape index (κ3) is 6.83. The topological polar surface area (TPSA) is 105 Å². The molecule has 1 fully saturated rings. The molecule has 1 saturated heterocycles. The van der Waals surface area contributed by atoms with Crippen molar-refractivity contribution in [3.63, 3.8) is 0 Å². The lowest BCUT2D eigenvalue weighted by molar-refractivity contribution is -0.122. The molecule has 8 nitrogen and oxygen atoms in total. The second-order valence-corrected chi connectivity index (χ2v) is 9.33. The van der Waals surface area contributed by atoms with E-state index in [0.29, 0.717) is 40.1 Å². The summed E-state index contributed by atoms with van der Waals surface area (Å²) in [6, 6.07) is 11.7. The van der Waals surface area contributed by atoms with E-state index < -0.39 is 5.97 Å². The Morgan fingerprint density at radius 2 is 1.83 bits per heavy atom. The molecule has 3 rings (SSSR count). The van der Waals surface area contributed by atoms with E-state index in [1.807, 2.05) is 6.07 Å². The maximum Gasteiger partial charge on any atom is 0.337 e. The fourth-order valence-corrected chi connectivity index (χ4v) is 4.82. The number of amides is 2. The Morgan fingerprint density at radius 1 is 1.09 bits per heavy atom. The van der Waals surface area contributed by atoms with Crippen molar-refractivity contribution < 1.29 is 29.0 Å². The zero-order valence-electron chi connectivity index (χ0n) is 19.4. The average Bonchev–Trinajstić information content (AvgIpc) is 3.11. The first-order valence-electron chi connectivity index (χ1n) is 10.9. The molecule has 2 aromatic carbocycles. The summed E-state index contributed by atoms with van der Waals surface area (Å²) in [5.41, 5.74) is 1.14. The van der Waals surface area contributed by atoms with Crippen LogP contribution >= 0.6 is 24.0 Å². The maximum absolute atomic E-state index is 12.8. The van der Waals surface area contributed by atoms with Gasteiger partial charge in [-0.15, -0.1) is 0 Å². The Balaban J connectivity index is 1.47. The number of anilines is 1. The fourth-order valence-electron chi connectivity index (χ4n) is 3.51. The van der Waals surface area contributed by atoms with E-state index in [-0.39, 0.29) is 29.5 Å². The van der Waals surface area contributed by atoms with Gasteiger partial charge in [-0.25, -0.2) is 4.79 Å². The summed E-state index contributed by atoms with van der Waals surface area (Å²) in [6.45, 7) is 0.470. The summed E-state index contributed by atoms with van der Waals surface area (Å²) in [4.78, 5) is 38.4. The highest BCUT2D eigenvalue weighted by molar-refractivity contribution is 8.26. The predicted molar refractivity (Wildman–Crippen MR) is 140 cm³/mol. The zero-order chi connectivity index (χ0) is 25.4. The Morgan fingerprint density at radius 3 is 2.54 bits per heavy atom. The lowest BCUT2D eigenvalue weighted by Crippen LogP contribution is -2.29. The lowest BCUT2D eigenvalue weighted by Gasteiger charge is -2.14. The molecule has 35 heavy (non-hydrogen) atoms. The van der Waals surface area contributed by atoms with Crippen LogP contribution in [0.5, 0.6) is 11.5 Å². The maximum atomic E-state index is 12.8. The molecular formula is C25H26N2O6S2. The first-order valence-corrected chi connectivity index (χ1v) is 12.2. The Hall–Kier alpha value is -3.37. The van der Waals surface area contributed by atoms with Gasteiger partial charge in [0.1, 0.15) is 4.32 Å². The van der Waals surface area contributed by atoms with Gasteiger partial charge in [0.2, 0.25) is 5.91 Å². The molecule has 2 aromatic rings. The summed E-state index contributed by atoms with van der Waals surface area (Å²) in [7, 11) is 3.12. The molecule has 2 N–H and O–H groups in total. The van der Waals surface area contributed by atoms with Gasteiger partial charge in [0.05, 0.1) is 30.4 Å². The number of para-hydroxylation sites is 1. The van der Waals surface area contributed by atoms with Crippen LogP contribution in [0.25, 0.3) is 6.08 Å². The molecule has 1 heterocycles. The van der Waals surface area contributed by atoms with E-state index in [2.05, 4.69) is 5.32 Å². The molecule has 0 saturated carbocycles. The Kier molecular flexibility index (Phi) is 9.27. The highest BCUT2D eigenvalue weighted by Crippen LogP contribution is 2.34. The second-order valence-electron chi connectivity index (χ2n) is 7.66. The number of nitrogens with one attached hydrogen (secondary N) is 1. The van der Waals surface area contributed by atoms with Gasteiger partial charge in [-0.2, -0.15) is 0 Å². The minimum Gasteiger partial charge on any atom is -0.493 e. The van der Waals surface area contributed by atoms with Crippen molar-refractivity contribution in [2.24, 2.45) is 0 Å². The van der Waals surface area contributed by atoms with E-state index in [4.69, 9.17) is 21.7 Å². The van der Waals surface area contributed by atoms with Crippen LogP contribution in [0.1, 0.15) is 41.6 Å². The predicted octanol–water partition coefficient (Wildman–Crippen LogP) is 4.80. The molecule has 1 aliphatic rings. The molecule has 0 unspecified atom stereocenters. The quantitative estimate of drug-likeness (QED) is 0.250. The van der Waals surface area contributed by atoms with Crippen LogP contribution < -0.4 is 14.8 Å². The Labute approximate surface area is 213 Å². The van der Waals surface area contributed by atoms with Crippen molar-refractivity contribution >= 4 is 57.8 Å². The molecule has 0 bridgehead atoms. The number of methoxy groups -OCH3 is 2. The summed E-state index contributed by atoms with van der Waals surface area (Å²) in [6.07, 6.45) is 4.05. The van der Waals surface area contributed by atoms with Crippen LogP contribution in [-0.2, 0) is 9.59 Å². The number of hydrogen-bond acceptors (Lipinski definition) is 7. The molecule has 0 aliphatic carbocycles. The Bertz CT molecular complexity index is 1160. The molecule has 1 aliphatic heterocycles. The van der Waals surface area contributed by atoms with Crippen molar-refractivity contribution in [2.45, 2.75) is 25.7 Å². The van der Waals surface area contributed by atoms with E-state index in [9.17, 15) is 19.5 Å². The molecule has 0 radical (unpaired) electrons. The normalized spacial score (nSPS) is 14.3. The number of thioether (sulfide) groups is 1. The number of thiocarbonyl (C=S) groups is 1. The van der Waals surface area contributed by atoms with Gasteiger partial charge in [0.15, 0.2) is 11.5 Å². The van der Waals surface area contributed by atoms with Crippen LogP contribution in [0.4, 0.5) is 5.69 Å². The molecule has 10 heteroatoms. The van der Waals surface area contributed by atoms with Crippen LogP contribution in [-0.4, -0.2) is 52.9 Å². The largest absolute Gasteiger partial charge is 0.493 e. The minimum absolute atomic E-state index is 0.0522. The molecule has 0 aromatic heterocycles. The van der Waals surface area contributed by atoms with E-state index >= 15 is 0 Å². The van der Waals surface area contributed by atoms with Crippen molar-refractivity contribution in [1.82, 2.24) is 4.90 Å². The van der Waals surface area contributed by atoms with Crippen molar-refractivity contribution in [3.8, 4) is 11.5 Å². The van der Waals surface area contributed by atoms with Crippen molar-refractivity contribution in [1.29, 1.82) is 0 Å². The highest BCUT2D eigenvalue weighted by atomic mass is 32.2. The number of carbonyl (C=O) groups is 3. The van der Waals surface area contributed by atoms with Crippen LogP contribution in [0.3, 0.4) is 0 Å². The third-order valence-electron chi connectivity index (χ3n) is 5.30. The number of benzene rings is 2. The molecular weight excluding hydrogens is 488 g/mol. The molecule has 2 amide bonds. The van der Waals surface area contributed by atoms with Gasteiger partial charge in [0.25, 0.3) is 5.91 Å². The number of rotatable bonds is 11. The third-order valence-corrected chi connectivity index (χ3v) is 6.67. The number of nitrogens with zero attached hydrogens (tertiary/aromatic N) is 1. The smallest absolute Gasteiger partial charge is 0.337 e. The fraction of sp³-hybridized carbons (Fsp3) is 0.280. The van der Waals surface area contributed by atoms with Crippen molar-refractivity contribution in [3.05, 3.63) is 58.5 Å². The van der Waals surface area contributed by atoms with Gasteiger partial charge in [-0.3, -0.25) is 14.5 Å². The average molecular weight is 515 g/mol. The van der Waals surface area contributed by atoms with Crippen LogP contribution in [0.2, 0.25) is 0 Å². The number of unbranched alkanes of at least 4 members (excludes halogenated alkanes) is 2. The van der Waals surface area contributed by atoms with Crippen LogP contribution in [0.15, 0.2) is 47.4 Å². The molecule has 184 valence electrons. The van der Waals surface area contributed by atoms with Gasteiger partial charge < -0.3 is 19.9 Å². The summed E-state index contributed by atoms with van der Waals surface area (Å²) in [5, 5.41) is 11.9. The first-order chi connectivity index (χ1) is 16.8. The SMILES string of the molecule is COc1ccc(/C=C2\SC(=S)N(CCCCCC(=O)Nc3ccccc3C(=O)O)C2=O)cc1OC. The standard InChI is InChI=1S/C25H26N2O6S2/c1-32-19-12-11-16(14-20(19)33-2)15-21-23(29)27(25(34)35-21)13-7-3-4-10-22(28)26-18-9-6-5-8-17(18)24(30)31/h5-6,8-9,11-12,14-15H,3-4,7,10,13H2,1-2H3,(H,26,28)(H,30,31)/b21-15-. The number of carboxylic acids is 1. The van der Waals surface area contributed by atoms with Gasteiger partial charge in [0, 0.05) is 13.0 Å². The number of ether oxygens (including phenoxy) is 2. The molecule has 0 atom stereocenters. The van der Waals surface area contributed by atoms with Crippen molar-refractivity contribution in [2.75, 3.05) is 26.1 Å². The van der Waals surface area contributed by atoms with Gasteiger partial charge >= 0.3 is 5.97 Å². The van der Waals surface area contributed by atoms with E-state index in [0.717, 1.165) is 12.0 Å². The number of aromatic carboxylic acids is 1. The monoisotopic (exact) mass is 514 g/mol. The second kappa shape index (κ2) is 12.4.